The molecule has 0 saturated carbocycles. The third-order valence-electron chi connectivity index (χ3n) is 3.30. The summed E-state index contributed by atoms with van der Waals surface area (Å²) in [5.74, 6) is 1.05. The lowest BCUT2D eigenvalue weighted by Crippen LogP contribution is -2.40. The molecule has 2 aromatic rings. The first-order valence-corrected chi connectivity index (χ1v) is 7.64. The maximum atomic E-state index is 11.3. The van der Waals surface area contributed by atoms with Crippen LogP contribution in [0.2, 0.25) is 0 Å². The summed E-state index contributed by atoms with van der Waals surface area (Å²) in [5.41, 5.74) is 0.976. The number of hydrogen-bond acceptors (Lipinski definition) is 5. The molecule has 2 N–H and O–H groups in total. The van der Waals surface area contributed by atoms with E-state index in [0.717, 1.165) is 17.1 Å². The van der Waals surface area contributed by atoms with Crippen molar-refractivity contribution < 1.29 is 19.4 Å². The first-order chi connectivity index (χ1) is 11.7. The number of nitrogens with one attached hydrogen (secondary N) is 1. The van der Waals surface area contributed by atoms with Gasteiger partial charge >= 0.3 is 5.97 Å². The second-order valence-electron chi connectivity index (χ2n) is 5.06. The highest BCUT2D eigenvalue weighted by molar-refractivity contribution is 5.75. The van der Waals surface area contributed by atoms with E-state index in [9.17, 15) is 4.79 Å². The Hall–Kier alpha value is -2.63. The lowest BCUT2D eigenvalue weighted by molar-refractivity contribution is -0.144. The molecule has 2 rings (SSSR count). The van der Waals surface area contributed by atoms with Crippen molar-refractivity contribution in [3.63, 3.8) is 0 Å². The van der Waals surface area contributed by atoms with Gasteiger partial charge in [0, 0.05) is 6.54 Å². The van der Waals surface area contributed by atoms with Gasteiger partial charge in [0.25, 0.3) is 0 Å². The second-order valence-corrected chi connectivity index (χ2v) is 5.06. The van der Waals surface area contributed by atoms with Crippen LogP contribution in [0.15, 0.2) is 60.7 Å². The van der Waals surface area contributed by atoms with E-state index in [1.165, 1.54) is 7.11 Å². The van der Waals surface area contributed by atoms with Crippen molar-refractivity contribution in [2.24, 2.45) is 0 Å². The van der Waals surface area contributed by atoms with E-state index in [1.54, 1.807) is 0 Å². The summed E-state index contributed by atoms with van der Waals surface area (Å²) in [7, 11) is 1.29. The van der Waals surface area contributed by atoms with Gasteiger partial charge < -0.3 is 14.6 Å². The van der Waals surface area contributed by atoms with Crippen molar-refractivity contribution >= 4 is 12.0 Å². The van der Waals surface area contributed by atoms with Gasteiger partial charge in [0.15, 0.2) is 0 Å². The van der Waals surface area contributed by atoms with Crippen molar-refractivity contribution in [1.29, 1.82) is 0 Å². The summed E-state index contributed by atoms with van der Waals surface area (Å²) in [6.45, 7) is 0.130. The Kier molecular flexibility index (Phi) is 7.01. The van der Waals surface area contributed by atoms with Crippen LogP contribution in [-0.2, 0) is 9.53 Å². The Morgan fingerprint density at radius 2 is 1.92 bits per heavy atom. The summed E-state index contributed by atoms with van der Waals surface area (Å²) < 4.78 is 10.4. The molecule has 0 radical (unpaired) electrons. The van der Waals surface area contributed by atoms with Gasteiger partial charge in [-0.2, -0.15) is 0 Å². The number of aliphatic hydroxyl groups is 1. The minimum atomic E-state index is -0.715. The fourth-order valence-corrected chi connectivity index (χ4v) is 2.08. The van der Waals surface area contributed by atoms with E-state index in [0.29, 0.717) is 6.54 Å². The van der Waals surface area contributed by atoms with E-state index < -0.39 is 12.0 Å². The Labute approximate surface area is 141 Å². The van der Waals surface area contributed by atoms with E-state index in [2.05, 4.69) is 10.1 Å². The van der Waals surface area contributed by atoms with E-state index >= 15 is 0 Å². The van der Waals surface area contributed by atoms with Gasteiger partial charge in [-0.1, -0.05) is 42.5 Å². The molecule has 0 fully saturated rings. The first-order valence-electron chi connectivity index (χ1n) is 7.64. The first kappa shape index (κ1) is 17.7. The highest BCUT2D eigenvalue weighted by atomic mass is 16.5. The van der Waals surface area contributed by atoms with Crippen LogP contribution >= 0.6 is 0 Å². The van der Waals surface area contributed by atoms with Crippen LogP contribution in [0.1, 0.15) is 5.56 Å². The standard InChI is InChI=1S/C19H21NO4/c1-23-19(22)18(14-21)20-12-6-8-15-7-5-11-17(13-15)24-16-9-3-2-4-10-16/h2-11,13,18,20-21H,12,14H2,1H3/b8-6+/t18-/m0/s1. The average Bonchev–Trinajstić information content (AvgIpc) is 2.62. The lowest BCUT2D eigenvalue weighted by atomic mass is 10.2. The molecule has 0 spiro atoms. The molecule has 0 unspecified atom stereocenters. The number of methoxy groups -OCH3 is 1. The zero-order chi connectivity index (χ0) is 17.2. The van der Waals surface area contributed by atoms with Gasteiger partial charge in [0.1, 0.15) is 17.5 Å². The molecule has 1 atom stereocenters. The van der Waals surface area contributed by atoms with Crippen LogP contribution in [0.4, 0.5) is 0 Å². The summed E-state index contributed by atoms with van der Waals surface area (Å²) in [6, 6.07) is 16.5. The zero-order valence-electron chi connectivity index (χ0n) is 13.5. The highest BCUT2D eigenvalue weighted by Crippen LogP contribution is 2.22. The van der Waals surface area contributed by atoms with Crippen LogP contribution in [0.3, 0.4) is 0 Å². The molecule has 0 amide bonds. The number of hydrogen-bond donors (Lipinski definition) is 2. The van der Waals surface area contributed by atoms with Crippen LogP contribution in [0, 0.1) is 0 Å². The van der Waals surface area contributed by atoms with Crippen LogP contribution < -0.4 is 10.1 Å². The molecule has 2 aromatic carbocycles. The Balaban J connectivity index is 1.90. The van der Waals surface area contributed by atoms with Crippen LogP contribution in [-0.4, -0.2) is 37.4 Å². The van der Waals surface area contributed by atoms with Gasteiger partial charge in [-0.05, 0) is 29.8 Å². The molecule has 126 valence electrons. The maximum absolute atomic E-state index is 11.3. The smallest absolute Gasteiger partial charge is 0.325 e. The lowest BCUT2D eigenvalue weighted by Gasteiger charge is -2.11. The molecular formula is C19H21NO4. The molecule has 0 aliphatic rings. The normalized spacial score (nSPS) is 12.1. The van der Waals surface area contributed by atoms with Gasteiger partial charge in [0.2, 0.25) is 0 Å². The monoisotopic (exact) mass is 327 g/mol. The number of carbonyl (C=O) groups is 1. The number of esters is 1. The predicted molar refractivity (Wildman–Crippen MR) is 92.9 cm³/mol. The van der Waals surface area contributed by atoms with Crippen molar-refractivity contribution in [3.8, 4) is 11.5 Å². The topological polar surface area (TPSA) is 67.8 Å². The molecule has 0 saturated heterocycles. The van der Waals surface area contributed by atoms with Gasteiger partial charge in [0.05, 0.1) is 13.7 Å². The molecule has 0 aliphatic heterocycles. The van der Waals surface area contributed by atoms with Crippen molar-refractivity contribution in [2.45, 2.75) is 6.04 Å². The second kappa shape index (κ2) is 9.50. The van der Waals surface area contributed by atoms with Crippen LogP contribution in [0.5, 0.6) is 11.5 Å². The SMILES string of the molecule is COC(=O)[C@H](CO)NC/C=C/c1cccc(Oc2ccccc2)c1. The molecule has 0 aliphatic carbocycles. The van der Waals surface area contributed by atoms with Crippen molar-refractivity contribution in [1.82, 2.24) is 5.32 Å². The molecule has 0 aromatic heterocycles. The Bertz CT molecular complexity index is 670. The Morgan fingerprint density at radius 1 is 1.17 bits per heavy atom. The van der Waals surface area contributed by atoms with Gasteiger partial charge in [-0.25, -0.2) is 0 Å². The number of ether oxygens (including phenoxy) is 2. The number of carbonyl (C=O) groups excluding carboxylic acids is 1. The number of benzene rings is 2. The van der Waals surface area contributed by atoms with Crippen LogP contribution in [0.25, 0.3) is 6.08 Å². The predicted octanol–water partition coefficient (Wildman–Crippen LogP) is 2.62. The zero-order valence-corrected chi connectivity index (χ0v) is 13.5. The molecule has 0 heterocycles. The summed E-state index contributed by atoms with van der Waals surface area (Å²) >= 11 is 0. The molecular weight excluding hydrogens is 306 g/mol. The highest BCUT2D eigenvalue weighted by Gasteiger charge is 2.15. The van der Waals surface area contributed by atoms with Crippen molar-refractivity contribution in [2.75, 3.05) is 20.3 Å². The molecule has 0 bridgehead atoms. The summed E-state index contributed by atoms with van der Waals surface area (Å²) in [6.07, 6.45) is 3.78. The Morgan fingerprint density at radius 3 is 2.62 bits per heavy atom. The third-order valence-corrected chi connectivity index (χ3v) is 3.30. The molecule has 24 heavy (non-hydrogen) atoms. The number of para-hydroxylation sites is 1. The third kappa shape index (κ3) is 5.53. The quantitative estimate of drug-likeness (QED) is 0.730. The van der Waals surface area contributed by atoms with Crippen molar-refractivity contribution in [3.05, 3.63) is 66.2 Å². The van der Waals surface area contributed by atoms with E-state index in [1.807, 2.05) is 66.7 Å². The summed E-state index contributed by atoms with van der Waals surface area (Å²) in [4.78, 5) is 11.3. The maximum Gasteiger partial charge on any atom is 0.325 e. The fraction of sp³-hybridized carbons (Fsp3) is 0.211. The fourth-order valence-electron chi connectivity index (χ4n) is 2.08. The number of aliphatic hydroxyl groups excluding tert-OH is 1. The summed E-state index contributed by atoms with van der Waals surface area (Å²) in [5, 5.41) is 12.0. The minimum Gasteiger partial charge on any atom is -0.468 e. The van der Waals surface area contributed by atoms with Gasteiger partial charge in [-0.15, -0.1) is 0 Å². The average molecular weight is 327 g/mol. The van der Waals surface area contributed by atoms with E-state index in [-0.39, 0.29) is 6.61 Å². The molecule has 5 heteroatoms. The minimum absolute atomic E-state index is 0.305. The largest absolute Gasteiger partial charge is 0.468 e. The molecule has 5 nitrogen and oxygen atoms in total. The van der Waals surface area contributed by atoms with Gasteiger partial charge in [-0.3, -0.25) is 10.1 Å². The van der Waals surface area contributed by atoms with E-state index in [4.69, 9.17) is 9.84 Å². The number of rotatable bonds is 8.